The lowest BCUT2D eigenvalue weighted by molar-refractivity contribution is 0.0920. The molecule has 19 heavy (non-hydrogen) atoms. The van der Waals surface area contributed by atoms with Crippen molar-refractivity contribution in [1.29, 1.82) is 0 Å². The molecule has 2 rings (SSSR count). The average molecular weight is 277 g/mol. The smallest absolute Gasteiger partial charge is 0.226 e. The third kappa shape index (κ3) is 4.73. The van der Waals surface area contributed by atoms with E-state index in [0.717, 1.165) is 29.4 Å². The summed E-state index contributed by atoms with van der Waals surface area (Å²) >= 11 is 1.81. The van der Waals surface area contributed by atoms with Crippen molar-refractivity contribution in [3.05, 3.63) is 42.3 Å². The lowest BCUT2D eigenvalue weighted by Crippen LogP contribution is -2.05. The molecule has 0 atom stereocenters. The fourth-order valence-electron chi connectivity index (χ4n) is 1.61. The van der Waals surface area contributed by atoms with Gasteiger partial charge in [0, 0.05) is 17.1 Å². The van der Waals surface area contributed by atoms with Gasteiger partial charge >= 0.3 is 0 Å². The van der Waals surface area contributed by atoms with Crippen molar-refractivity contribution in [2.24, 2.45) is 0 Å². The maximum atomic E-state index is 5.49. The molecule has 0 radical (unpaired) electrons. The first-order valence-corrected chi connectivity index (χ1v) is 7.60. The van der Waals surface area contributed by atoms with Crippen molar-refractivity contribution in [3.8, 4) is 11.5 Å². The van der Waals surface area contributed by atoms with Gasteiger partial charge in [-0.3, -0.25) is 0 Å². The Labute approximate surface area is 118 Å². The van der Waals surface area contributed by atoms with E-state index in [4.69, 9.17) is 9.15 Å². The molecule has 0 unspecified atom stereocenters. The molecule has 0 aliphatic carbocycles. The second kappa shape index (κ2) is 7.36. The Morgan fingerprint density at radius 2 is 2.05 bits per heavy atom. The zero-order valence-electron chi connectivity index (χ0n) is 11.3. The quantitative estimate of drug-likeness (QED) is 0.717. The van der Waals surface area contributed by atoms with Crippen LogP contribution in [0.25, 0.3) is 11.5 Å². The number of ether oxygens (including phenoxy) is 1. The van der Waals surface area contributed by atoms with Crippen molar-refractivity contribution >= 4 is 11.8 Å². The summed E-state index contributed by atoms with van der Waals surface area (Å²) in [5, 5.41) is 0. The zero-order valence-corrected chi connectivity index (χ0v) is 12.2. The van der Waals surface area contributed by atoms with Crippen molar-refractivity contribution < 1.29 is 9.15 Å². The fraction of sp³-hybridized carbons (Fsp3) is 0.400. The lowest BCUT2D eigenvalue weighted by Gasteiger charge is -2.05. The number of thioether (sulfide) groups is 1. The summed E-state index contributed by atoms with van der Waals surface area (Å²) in [6, 6.07) is 9.95. The number of oxazole rings is 1. The summed E-state index contributed by atoms with van der Waals surface area (Å²) in [6.45, 7) is 4.88. The maximum absolute atomic E-state index is 5.49. The number of aromatic nitrogens is 1. The van der Waals surface area contributed by atoms with E-state index in [1.807, 2.05) is 42.1 Å². The van der Waals surface area contributed by atoms with E-state index in [1.165, 1.54) is 0 Å². The highest BCUT2D eigenvalue weighted by Gasteiger charge is 2.06. The van der Waals surface area contributed by atoms with Gasteiger partial charge in [-0.05, 0) is 26.0 Å². The molecule has 0 amide bonds. The molecule has 0 saturated carbocycles. The minimum Gasteiger partial charge on any atom is -0.444 e. The molecule has 0 N–H and O–H groups in total. The van der Waals surface area contributed by atoms with Crippen LogP contribution in [0, 0.1) is 0 Å². The Hall–Kier alpha value is -1.26. The number of benzene rings is 1. The van der Waals surface area contributed by atoms with Crippen molar-refractivity contribution in [3.63, 3.8) is 0 Å². The van der Waals surface area contributed by atoms with Crippen molar-refractivity contribution in [2.45, 2.75) is 25.7 Å². The molecular weight excluding hydrogens is 258 g/mol. The van der Waals surface area contributed by atoms with Gasteiger partial charge in [-0.2, -0.15) is 11.8 Å². The Balaban J connectivity index is 1.78. The number of rotatable bonds is 7. The third-order valence-electron chi connectivity index (χ3n) is 2.50. The monoisotopic (exact) mass is 277 g/mol. The molecule has 2 aromatic rings. The van der Waals surface area contributed by atoms with Crippen LogP contribution in [0.3, 0.4) is 0 Å². The summed E-state index contributed by atoms with van der Waals surface area (Å²) in [5.41, 5.74) is 2.00. The largest absolute Gasteiger partial charge is 0.444 e. The zero-order chi connectivity index (χ0) is 13.5. The Morgan fingerprint density at radius 1 is 1.26 bits per heavy atom. The first kappa shape index (κ1) is 14.2. The van der Waals surface area contributed by atoms with E-state index in [2.05, 4.69) is 18.8 Å². The van der Waals surface area contributed by atoms with Crippen LogP contribution in [-0.4, -0.2) is 23.4 Å². The average Bonchev–Trinajstić information content (AvgIpc) is 2.88. The van der Waals surface area contributed by atoms with Crippen molar-refractivity contribution in [2.75, 3.05) is 12.4 Å². The summed E-state index contributed by atoms with van der Waals surface area (Å²) in [4.78, 5) is 4.48. The Morgan fingerprint density at radius 3 is 2.79 bits per heavy atom. The standard InChI is InChI=1S/C15H19NO2S/c1-12(2)17-8-9-19-11-14-10-18-15(16-14)13-6-4-3-5-7-13/h3-7,10,12H,8-9,11H2,1-2H3. The van der Waals surface area contributed by atoms with Crippen LogP contribution in [0.1, 0.15) is 19.5 Å². The predicted octanol–water partition coefficient (Wildman–Crippen LogP) is 4.00. The molecule has 1 aromatic heterocycles. The molecule has 4 heteroatoms. The second-order valence-corrected chi connectivity index (χ2v) is 5.59. The molecule has 0 spiro atoms. The second-order valence-electron chi connectivity index (χ2n) is 4.48. The first-order valence-electron chi connectivity index (χ1n) is 6.45. The highest BCUT2D eigenvalue weighted by molar-refractivity contribution is 7.98. The topological polar surface area (TPSA) is 35.3 Å². The minimum atomic E-state index is 0.303. The van der Waals surface area contributed by atoms with Crippen LogP contribution in [0.4, 0.5) is 0 Å². The van der Waals surface area contributed by atoms with Crippen LogP contribution >= 0.6 is 11.8 Å². The summed E-state index contributed by atoms with van der Waals surface area (Å²) in [5.74, 6) is 2.53. The summed E-state index contributed by atoms with van der Waals surface area (Å²) in [6.07, 6.45) is 2.04. The molecule has 1 aromatic carbocycles. The molecule has 0 fully saturated rings. The van der Waals surface area contributed by atoms with Crippen LogP contribution in [-0.2, 0) is 10.5 Å². The van der Waals surface area contributed by atoms with Gasteiger partial charge in [0.25, 0.3) is 0 Å². The van der Waals surface area contributed by atoms with Crippen LogP contribution in [0.2, 0.25) is 0 Å². The first-order chi connectivity index (χ1) is 9.25. The van der Waals surface area contributed by atoms with E-state index in [-0.39, 0.29) is 0 Å². The number of hydrogen-bond acceptors (Lipinski definition) is 4. The molecule has 0 aliphatic rings. The Kier molecular flexibility index (Phi) is 5.48. The lowest BCUT2D eigenvalue weighted by atomic mass is 10.2. The van der Waals surface area contributed by atoms with Crippen LogP contribution in [0.15, 0.2) is 41.0 Å². The van der Waals surface area contributed by atoms with E-state index < -0.39 is 0 Å². The van der Waals surface area contributed by atoms with Gasteiger partial charge in [0.05, 0.1) is 18.4 Å². The highest BCUT2D eigenvalue weighted by Crippen LogP contribution is 2.20. The molecular formula is C15H19NO2S. The van der Waals surface area contributed by atoms with Gasteiger partial charge in [-0.25, -0.2) is 4.98 Å². The van der Waals surface area contributed by atoms with Gasteiger partial charge in [-0.1, -0.05) is 18.2 Å². The van der Waals surface area contributed by atoms with Gasteiger partial charge in [-0.15, -0.1) is 0 Å². The van der Waals surface area contributed by atoms with Gasteiger partial charge in [0.1, 0.15) is 6.26 Å². The fourth-order valence-corrected chi connectivity index (χ4v) is 2.31. The van der Waals surface area contributed by atoms with Crippen molar-refractivity contribution in [1.82, 2.24) is 4.98 Å². The minimum absolute atomic E-state index is 0.303. The molecule has 0 saturated heterocycles. The predicted molar refractivity (Wildman–Crippen MR) is 79.2 cm³/mol. The third-order valence-corrected chi connectivity index (χ3v) is 3.46. The molecule has 3 nitrogen and oxygen atoms in total. The van der Waals surface area contributed by atoms with Gasteiger partial charge in [0.2, 0.25) is 5.89 Å². The van der Waals surface area contributed by atoms with E-state index in [0.29, 0.717) is 12.0 Å². The number of hydrogen-bond donors (Lipinski definition) is 0. The van der Waals surface area contributed by atoms with Gasteiger partial charge in [0.15, 0.2) is 0 Å². The van der Waals surface area contributed by atoms with Gasteiger partial charge < -0.3 is 9.15 Å². The molecule has 0 bridgehead atoms. The highest BCUT2D eigenvalue weighted by atomic mass is 32.2. The van der Waals surface area contributed by atoms with Crippen LogP contribution in [0.5, 0.6) is 0 Å². The summed E-state index contributed by atoms with van der Waals surface area (Å²) in [7, 11) is 0. The molecule has 1 heterocycles. The Bertz CT molecular complexity index is 482. The molecule has 102 valence electrons. The maximum Gasteiger partial charge on any atom is 0.226 e. The van der Waals surface area contributed by atoms with E-state index in [1.54, 1.807) is 6.26 Å². The normalized spacial score (nSPS) is 11.1. The van der Waals surface area contributed by atoms with E-state index >= 15 is 0 Å². The number of nitrogens with zero attached hydrogens (tertiary/aromatic N) is 1. The van der Waals surface area contributed by atoms with Crippen LogP contribution < -0.4 is 0 Å². The SMILES string of the molecule is CC(C)OCCSCc1coc(-c2ccccc2)n1. The molecule has 0 aliphatic heterocycles. The summed E-state index contributed by atoms with van der Waals surface area (Å²) < 4.78 is 11.0. The van der Waals surface area contributed by atoms with E-state index in [9.17, 15) is 0 Å².